The Kier molecular flexibility index (Phi) is 7.16. The Balaban J connectivity index is 2.55. The molecule has 0 radical (unpaired) electrons. The van der Waals surface area contributed by atoms with Crippen molar-refractivity contribution in [3.8, 4) is 0 Å². The smallest absolute Gasteiger partial charge is 0.228 e. The molecule has 0 bridgehead atoms. The van der Waals surface area contributed by atoms with Gasteiger partial charge in [0.2, 0.25) is 5.89 Å². The third-order valence-corrected chi connectivity index (χ3v) is 3.25. The summed E-state index contributed by atoms with van der Waals surface area (Å²) in [4.78, 5) is 4.45. The standard InChI is InChI=1S/C15H29N3O2/c1-6-9-16-12(15(3,4)5)11-14-17-13(18-20-14)8-10-19-7-2/h12,16H,6-11H2,1-5H3. The monoisotopic (exact) mass is 283 g/mol. The highest BCUT2D eigenvalue weighted by molar-refractivity contribution is 4.93. The lowest BCUT2D eigenvalue weighted by Crippen LogP contribution is -2.42. The number of nitrogens with zero attached hydrogens (tertiary/aromatic N) is 2. The van der Waals surface area contributed by atoms with E-state index in [1.54, 1.807) is 0 Å². The maximum Gasteiger partial charge on any atom is 0.228 e. The molecule has 0 amide bonds. The van der Waals surface area contributed by atoms with Crippen LogP contribution in [0.15, 0.2) is 4.52 Å². The summed E-state index contributed by atoms with van der Waals surface area (Å²) >= 11 is 0. The van der Waals surface area contributed by atoms with E-state index in [1.165, 1.54) is 0 Å². The molecular weight excluding hydrogens is 254 g/mol. The van der Waals surface area contributed by atoms with Gasteiger partial charge in [-0.25, -0.2) is 0 Å². The lowest BCUT2D eigenvalue weighted by molar-refractivity contribution is 0.149. The Labute approximate surface area is 122 Å². The van der Waals surface area contributed by atoms with E-state index >= 15 is 0 Å². The molecule has 0 aromatic carbocycles. The van der Waals surface area contributed by atoms with Crippen LogP contribution < -0.4 is 5.32 Å². The van der Waals surface area contributed by atoms with Crippen LogP contribution in [0, 0.1) is 5.41 Å². The second-order valence-electron chi connectivity index (χ2n) is 6.13. The maximum atomic E-state index is 5.34. The normalized spacial score (nSPS) is 13.7. The molecule has 0 fully saturated rings. The number of hydrogen-bond acceptors (Lipinski definition) is 5. The quantitative estimate of drug-likeness (QED) is 0.706. The van der Waals surface area contributed by atoms with E-state index in [1.807, 2.05) is 6.92 Å². The van der Waals surface area contributed by atoms with Gasteiger partial charge in [0.1, 0.15) is 0 Å². The number of aromatic nitrogens is 2. The Morgan fingerprint density at radius 1 is 1.30 bits per heavy atom. The van der Waals surface area contributed by atoms with Crippen molar-refractivity contribution in [2.24, 2.45) is 5.41 Å². The van der Waals surface area contributed by atoms with Gasteiger partial charge < -0.3 is 14.6 Å². The summed E-state index contributed by atoms with van der Waals surface area (Å²) in [5.41, 5.74) is 0.162. The molecule has 0 aliphatic carbocycles. The van der Waals surface area contributed by atoms with Crippen molar-refractivity contribution in [2.75, 3.05) is 19.8 Å². The second-order valence-corrected chi connectivity index (χ2v) is 6.13. The number of nitrogens with one attached hydrogen (secondary N) is 1. The predicted molar refractivity (Wildman–Crippen MR) is 79.7 cm³/mol. The van der Waals surface area contributed by atoms with Crippen molar-refractivity contribution < 1.29 is 9.26 Å². The third-order valence-electron chi connectivity index (χ3n) is 3.25. The van der Waals surface area contributed by atoms with Gasteiger partial charge >= 0.3 is 0 Å². The van der Waals surface area contributed by atoms with Crippen LogP contribution in [-0.2, 0) is 17.6 Å². The third kappa shape index (κ3) is 6.01. The first-order chi connectivity index (χ1) is 9.47. The predicted octanol–water partition coefficient (Wildman–Crippen LogP) is 2.61. The molecule has 1 N–H and O–H groups in total. The minimum Gasteiger partial charge on any atom is -0.381 e. The molecule has 0 aliphatic heterocycles. The van der Waals surface area contributed by atoms with Gasteiger partial charge in [-0.1, -0.05) is 32.9 Å². The van der Waals surface area contributed by atoms with Crippen LogP contribution in [0.3, 0.4) is 0 Å². The fraction of sp³-hybridized carbons (Fsp3) is 0.867. The summed E-state index contributed by atoms with van der Waals surface area (Å²) in [6.45, 7) is 13.2. The van der Waals surface area contributed by atoms with Crippen LogP contribution >= 0.6 is 0 Å². The minimum absolute atomic E-state index is 0.162. The lowest BCUT2D eigenvalue weighted by atomic mass is 9.84. The SMILES string of the molecule is CCCNC(Cc1nc(CCOCC)no1)C(C)(C)C. The van der Waals surface area contributed by atoms with Gasteiger partial charge in [-0.15, -0.1) is 0 Å². The Bertz CT molecular complexity index is 371. The van der Waals surface area contributed by atoms with Gasteiger partial charge in [0.05, 0.1) is 6.61 Å². The second kappa shape index (κ2) is 8.37. The molecule has 1 unspecified atom stereocenters. The molecule has 1 atom stereocenters. The van der Waals surface area contributed by atoms with Crippen molar-refractivity contribution >= 4 is 0 Å². The molecule has 116 valence electrons. The highest BCUT2D eigenvalue weighted by Crippen LogP contribution is 2.22. The van der Waals surface area contributed by atoms with E-state index in [-0.39, 0.29) is 5.41 Å². The summed E-state index contributed by atoms with van der Waals surface area (Å²) in [6, 6.07) is 0.336. The molecule has 5 nitrogen and oxygen atoms in total. The van der Waals surface area contributed by atoms with Gasteiger partial charge in [-0.3, -0.25) is 0 Å². The van der Waals surface area contributed by atoms with E-state index < -0.39 is 0 Å². The average Bonchev–Trinajstić information content (AvgIpc) is 2.81. The summed E-state index contributed by atoms with van der Waals surface area (Å²) in [6.07, 6.45) is 2.60. The molecule has 20 heavy (non-hydrogen) atoms. The van der Waals surface area contributed by atoms with Crippen LogP contribution in [0.5, 0.6) is 0 Å². The summed E-state index contributed by atoms with van der Waals surface area (Å²) in [7, 11) is 0. The van der Waals surface area contributed by atoms with Crippen LogP contribution in [0.1, 0.15) is 52.8 Å². The fourth-order valence-electron chi connectivity index (χ4n) is 1.96. The van der Waals surface area contributed by atoms with Crippen molar-refractivity contribution in [3.63, 3.8) is 0 Å². The van der Waals surface area contributed by atoms with Crippen molar-refractivity contribution in [3.05, 3.63) is 11.7 Å². The molecule has 0 saturated heterocycles. The van der Waals surface area contributed by atoms with E-state index in [2.05, 4.69) is 43.2 Å². The fourth-order valence-corrected chi connectivity index (χ4v) is 1.96. The molecule has 1 aromatic heterocycles. The zero-order chi connectivity index (χ0) is 15.0. The summed E-state index contributed by atoms with van der Waals surface area (Å²) in [5.74, 6) is 1.44. The van der Waals surface area contributed by atoms with Gasteiger partial charge in [0.15, 0.2) is 5.82 Å². The highest BCUT2D eigenvalue weighted by atomic mass is 16.5. The van der Waals surface area contributed by atoms with Crippen LogP contribution in [0.2, 0.25) is 0 Å². The molecule has 1 aromatic rings. The van der Waals surface area contributed by atoms with Crippen LogP contribution in [0.4, 0.5) is 0 Å². The summed E-state index contributed by atoms with van der Waals surface area (Å²) < 4.78 is 10.6. The van der Waals surface area contributed by atoms with E-state index in [0.717, 1.165) is 31.8 Å². The maximum absolute atomic E-state index is 5.34. The number of ether oxygens (including phenoxy) is 1. The van der Waals surface area contributed by atoms with E-state index in [4.69, 9.17) is 9.26 Å². The number of rotatable bonds is 9. The van der Waals surface area contributed by atoms with Gasteiger partial charge in [-0.05, 0) is 25.3 Å². The molecule has 0 aliphatic rings. The first-order valence-electron chi connectivity index (χ1n) is 7.60. The molecule has 5 heteroatoms. The van der Waals surface area contributed by atoms with E-state index in [0.29, 0.717) is 25.0 Å². The average molecular weight is 283 g/mol. The molecule has 0 spiro atoms. The summed E-state index contributed by atoms with van der Waals surface area (Å²) in [5, 5.41) is 7.58. The van der Waals surface area contributed by atoms with Crippen molar-refractivity contribution in [1.82, 2.24) is 15.5 Å². The van der Waals surface area contributed by atoms with Crippen LogP contribution in [-0.4, -0.2) is 35.9 Å². The zero-order valence-electron chi connectivity index (χ0n) is 13.5. The molecule has 1 rings (SSSR count). The first kappa shape index (κ1) is 17.1. The van der Waals surface area contributed by atoms with Gasteiger partial charge in [-0.2, -0.15) is 4.98 Å². The first-order valence-corrected chi connectivity index (χ1v) is 7.60. The molecule has 1 heterocycles. The van der Waals surface area contributed by atoms with Gasteiger partial charge in [0.25, 0.3) is 0 Å². The number of hydrogen-bond donors (Lipinski definition) is 1. The van der Waals surface area contributed by atoms with Gasteiger partial charge in [0, 0.05) is 25.5 Å². The van der Waals surface area contributed by atoms with Crippen molar-refractivity contribution in [1.29, 1.82) is 0 Å². The largest absolute Gasteiger partial charge is 0.381 e. The zero-order valence-corrected chi connectivity index (χ0v) is 13.5. The highest BCUT2D eigenvalue weighted by Gasteiger charge is 2.26. The Morgan fingerprint density at radius 3 is 2.65 bits per heavy atom. The Morgan fingerprint density at radius 2 is 2.05 bits per heavy atom. The molecule has 0 saturated carbocycles. The Hall–Kier alpha value is -0.940. The minimum atomic E-state index is 0.162. The molecular formula is C15H29N3O2. The van der Waals surface area contributed by atoms with Crippen molar-refractivity contribution in [2.45, 2.75) is 59.9 Å². The van der Waals surface area contributed by atoms with E-state index in [9.17, 15) is 0 Å². The van der Waals surface area contributed by atoms with Crippen LogP contribution in [0.25, 0.3) is 0 Å². The lowest BCUT2D eigenvalue weighted by Gasteiger charge is -2.30. The topological polar surface area (TPSA) is 60.2 Å².